The van der Waals surface area contributed by atoms with E-state index < -0.39 is 11.5 Å². The molecule has 0 aliphatic carbocycles. The number of hydrogen-bond acceptors (Lipinski definition) is 7. The molecular formula is C32H36ClF2N7O2. The van der Waals surface area contributed by atoms with Gasteiger partial charge in [0.1, 0.15) is 23.6 Å². The second-order valence-corrected chi connectivity index (χ2v) is 12.6. The van der Waals surface area contributed by atoms with Crippen LogP contribution in [-0.2, 0) is 4.79 Å². The van der Waals surface area contributed by atoms with Crippen LogP contribution in [-0.4, -0.2) is 93.0 Å². The predicted molar refractivity (Wildman–Crippen MR) is 169 cm³/mol. The number of aryl methyl sites for hydroxylation is 1. The number of H-pyrrole nitrogens is 1. The summed E-state index contributed by atoms with van der Waals surface area (Å²) in [6.45, 7) is 13.6. The van der Waals surface area contributed by atoms with E-state index in [2.05, 4.69) is 21.8 Å². The summed E-state index contributed by atoms with van der Waals surface area (Å²) in [5, 5.41) is 8.49. The molecule has 2 fully saturated rings. The van der Waals surface area contributed by atoms with Crippen molar-refractivity contribution >= 4 is 45.1 Å². The fraction of sp³-hybridized carbons (Fsp3) is 0.438. The van der Waals surface area contributed by atoms with Gasteiger partial charge in [-0.25, -0.2) is 8.78 Å². The smallest absolute Gasteiger partial charge is 0.319 e. The maximum atomic E-state index is 16.8. The summed E-state index contributed by atoms with van der Waals surface area (Å²) in [7, 11) is 0. The molecule has 12 heteroatoms. The number of anilines is 1. The van der Waals surface area contributed by atoms with Gasteiger partial charge in [-0.15, -0.1) is 0 Å². The number of fused-ring (bicyclic) bond motifs is 2. The zero-order chi connectivity index (χ0) is 31.3. The molecule has 3 atom stereocenters. The minimum Gasteiger partial charge on any atom is -0.462 e. The molecule has 0 bridgehead atoms. The molecule has 1 amide bonds. The molecular weight excluding hydrogens is 588 g/mol. The summed E-state index contributed by atoms with van der Waals surface area (Å²) in [4.78, 5) is 27.6. The Morgan fingerprint density at radius 3 is 2.75 bits per heavy atom. The Kier molecular flexibility index (Phi) is 7.96. The van der Waals surface area contributed by atoms with Gasteiger partial charge in [0.05, 0.1) is 16.7 Å². The molecule has 0 spiro atoms. The van der Waals surface area contributed by atoms with Crippen molar-refractivity contribution < 1.29 is 18.3 Å². The normalized spacial score (nSPS) is 22.7. The number of aromatic amines is 1. The average Bonchev–Trinajstić information content (AvgIpc) is 3.60. The molecule has 4 aromatic rings. The van der Waals surface area contributed by atoms with Crippen LogP contribution in [0.2, 0.25) is 5.02 Å². The van der Waals surface area contributed by atoms with Crippen molar-refractivity contribution in [3.8, 4) is 17.1 Å². The zero-order valence-electron chi connectivity index (χ0n) is 25.3. The topological polar surface area (TPSA) is 90.5 Å². The summed E-state index contributed by atoms with van der Waals surface area (Å²) >= 11 is 6.88. The van der Waals surface area contributed by atoms with Crippen molar-refractivity contribution in [3.05, 3.63) is 53.5 Å². The van der Waals surface area contributed by atoms with Gasteiger partial charge in [-0.3, -0.25) is 14.8 Å². The molecule has 1 N–H and O–H groups in total. The number of benzene rings is 2. The lowest BCUT2D eigenvalue weighted by molar-refractivity contribution is -0.128. The predicted octanol–water partition coefficient (Wildman–Crippen LogP) is 5.70. The molecule has 44 heavy (non-hydrogen) atoms. The van der Waals surface area contributed by atoms with Crippen molar-refractivity contribution in [2.75, 3.05) is 44.2 Å². The van der Waals surface area contributed by atoms with Gasteiger partial charge in [-0.05, 0) is 57.9 Å². The molecule has 2 aliphatic heterocycles. The zero-order valence-corrected chi connectivity index (χ0v) is 26.1. The van der Waals surface area contributed by atoms with Crippen molar-refractivity contribution in [2.45, 2.75) is 51.9 Å². The second kappa shape index (κ2) is 11.6. The quantitative estimate of drug-likeness (QED) is 0.264. The highest BCUT2D eigenvalue weighted by molar-refractivity contribution is 6.35. The molecule has 0 saturated carbocycles. The van der Waals surface area contributed by atoms with E-state index in [9.17, 15) is 9.18 Å². The molecule has 4 heterocycles. The SMILES string of the molecule is C=CC(=O)N1C[C@H](C)N(c2nc(OCCN3CCC(C)(F)C3)nc3c(F)c(-c4c(C)ccc5[nH]ncc45)c(Cl)cc23)C[C@H]1C. The van der Waals surface area contributed by atoms with Gasteiger partial charge >= 0.3 is 6.01 Å². The largest absolute Gasteiger partial charge is 0.462 e. The monoisotopic (exact) mass is 623 g/mol. The van der Waals surface area contributed by atoms with Crippen LogP contribution in [0, 0.1) is 12.7 Å². The van der Waals surface area contributed by atoms with E-state index in [1.165, 1.54) is 6.08 Å². The third kappa shape index (κ3) is 5.47. The Balaban J connectivity index is 1.45. The first-order chi connectivity index (χ1) is 21.0. The van der Waals surface area contributed by atoms with Crippen LogP contribution >= 0.6 is 11.6 Å². The number of halogens is 3. The molecule has 2 saturated heterocycles. The number of likely N-dealkylation sites (tertiary alicyclic amines) is 1. The summed E-state index contributed by atoms with van der Waals surface area (Å²) < 4.78 is 37.2. The highest BCUT2D eigenvalue weighted by Crippen LogP contribution is 2.42. The minimum absolute atomic E-state index is 0.0181. The van der Waals surface area contributed by atoms with Gasteiger partial charge < -0.3 is 14.5 Å². The van der Waals surface area contributed by atoms with Gasteiger partial charge in [0.2, 0.25) is 5.91 Å². The number of nitrogens with one attached hydrogen (secondary N) is 1. The van der Waals surface area contributed by atoms with Gasteiger partial charge in [0.25, 0.3) is 0 Å². The van der Waals surface area contributed by atoms with Crippen LogP contribution < -0.4 is 9.64 Å². The summed E-state index contributed by atoms with van der Waals surface area (Å²) in [5.74, 6) is -0.265. The highest BCUT2D eigenvalue weighted by atomic mass is 35.5. The average molecular weight is 624 g/mol. The molecule has 9 nitrogen and oxygen atoms in total. The Labute approximate surface area is 259 Å². The fourth-order valence-electron chi connectivity index (χ4n) is 6.45. The Bertz CT molecular complexity index is 1760. The van der Waals surface area contributed by atoms with E-state index in [0.29, 0.717) is 55.9 Å². The number of amides is 1. The van der Waals surface area contributed by atoms with Crippen LogP contribution in [0.1, 0.15) is 32.8 Å². The van der Waals surface area contributed by atoms with Crippen molar-refractivity contribution in [3.63, 3.8) is 0 Å². The van der Waals surface area contributed by atoms with E-state index in [1.54, 1.807) is 24.1 Å². The lowest BCUT2D eigenvalue weighted by atomic mass is 9.95. The van der Waals surface area contributed by atoms with E-state index >= 15 is 4.39 Å². The molecule has 6 rings (SSSR count). The molecule has 1 unspecified atom stereocenters. The third-order valence-electron chi connectivity index (χ3n) is 8.78. The standard InChI is InChI=1S/C32H36ClF2N7O2/c1-6-25(43)41-15-20(4)42(16-19(41)3)30-21-13-23(33)27(26-18(2)7-8-24-22(26)14-36-39-24)28(34)29(21)37-31(38-30)44-12-11-40-10-9-32(5,35)17-40/h6-8,13-14,19-20H,1,9-12,15-17H2,2-5H3,(H,36,39)/t19-,20+,32?/m1/s1. The maximum Gasteiger partial charge on any atom is 0.319 e. The van der Waals surface area contributed by atoms with E-state index in [-0.39, 0.29) is 46.7 Å². The van der Waals surface area contributed by atoms with Gasteiger partial charge in [0, 0.05) is 66.7 Å². The van der Waals surface area contributed by atoms with Gasteiger partial charge in [-0.1, -0.05) is 24.2 Å². The van der Waals surface area contributed by atoms with E-state index in [4.69, 9.17) is 21.3 Å². The number of piperazine rings is 1. The lowest BCUT2D eigenvalue weighted by Crippen LogP contribution is -2.58. The number of alkyl halides is 1. The van der Waals surface area contributed by atoms with Gasteiger partial charge in [0.15, 0.2) is 5.82 Å². The van der Waals surface area contributed by atoms with Crippen LogP contribution in [0.3, 0.4) is 0 Å². The van der Waals surface area contributed by atoms with Gasteiger partial charge in [-0.2, -0.15) is 15.1 Å². The van der Waals surface area contributed by atoms with Crippen molar-refractivity contribution in [1.29, 1.82) is 0 Å². The molecule has 232 valence electrons. The van der Waals surface area contributed by atoms with Crippen molar-refractivity contribution in [1.82, 2.24) is 30.0 Å². The number of rotatable bonds is 7. The Hall–Kier alpha value is -3.83. The van der Waals surface area contributed by atoms with E-state index in [1.807, 2.05) is 42.7 Å². The summed E-state index contributed by atoms with van der Waals surface area (Å²) in [6.07, 6.45) is 3.44. The molecule has 0 radical (unpaired) electrons. The van der Waals surface area contributed by atoms with Crippen LogP contribution in [0.5, 0.6) is 6.01 Å². The third-order valence-corrected chi connectivity index (χ3v) is 9.08. The van der Waals surface area contributed by atoms with Crippen molar-refractivity contribution in [2.24, 2.45) is 0 Å². The fourth-order valence-corrected chi connectivity index (χ4v) is 6.74. The molecule has 2 aliphatic rings. The highest BCUT2D eigenvalue weighted by Gasteiger charge is 2.35. The first kappa shape index (κ1) is 30.2. The van der Waals surface area contributed by atoms with Crippen LogP contribution in [0.25, 0.3) is 32.9 Å². The van der Waals surface area contributed by atoms with E-state index in [0.717, 1.165) is 16.5 Å². The van der Waals surface area contributed by atoms with Crippen LogP contribution in [0.15, 0.2) is 37.1 Å². The number of ether oxygens (including phenoxy) is 1. The molecule has 2 aromatic heterocycles. The van der Waals surface area contributed by atoms with Crippen LogP contribution in [0.4, 0.5) is 14.6 Å². The Morgan fingerprint density at radius 1 is 1.23 bits per heavy atom. The number of nitrogens with zero attached hydrogens (tertiary/aromatic N) is 6. The lowest BCUT2D eigenvalue weighted by Gasteiger charge is -2.44. The summed E-state index contributed by atoms with van der Waals surface area (Å²) in [6, 6.07) is 5.20. The number of carbonyl (C=O) groups excluding carboxylic acids is 1. The Morgan fingerprint density at radius 2 is 2.02 bits per heavy atom. The first-order valence-electron chi connectivity index (χ1n) is 14.8. The number of carbonyl (C=O) groups is 1. The molecule has 2 aromatic carbocycles. The minimum atomic E-state index is -1.22. The second-order valence-electron chi connectivity index (χ2n) is 12.2. The maximum absolute atomic E-state index is 16.8. The number of aromatic nitrogens is 4. The first-order valence-corrected chi connectivity index (χ1v) is 15.2. The summed E-state index contributed by atoms with van der Waals surface area (Å²) in [5.41, 5.74) is 1.30. The number of hydrogen-bond donors (Lipinski definition) is 1.